The Morgan fingerprint density at radius 3 is 2.19 bits per heavy atom. The Labute approximate surface area is 245 Å². The average molecular weight is 569 g/mol. The zero-order chi connectivity index (χ0) is 29.2. The molecule has 0 heterocycles. The predicted octanol–water partition coefficient (Wildman–Crippen LogP) is 5.11. The molecule has 218 valence electrons. The number of amides is 2. The molecule has 6 unspecified atom stereocenters. The fourth-order valence-corrected chi connectivity index (χ4v) is 6.93. The third kappa shape index (κ3) is 5.63. The molecular formula is C34H36N2O6. The van der Waals surface area contributed by atoms with Crippen LogP contribution >= 0.6 is 0 Å². The van der Waals surface area contributed by atoms with Gasteiger partial charge in [-0.05, 0) is 65.8 Å². The van der Waals surface area contributed by atoms with E-state index in [1.807, 2.05) is 54.6 Å². The number of benzene rings is 3. The van der Waals surface area contributed by atoms with Gasteiger partial charge in [-0.1, -0.05) is 78.9 Å². The summed E-state index contributed by atoms with van der Waals surface area (Å²) in [5.41, 5.74) is 5.45. The van der Waals surface area contributed by atoms with Gasteiger partial charge in [-0.3, -0.25) is 9.59 Å². The number of nitrogens with one attached hydrogen (secondary N) is 2. The van der Waals surface area contributed by atoms with E-state index >= 15 is 0 Å². The van der Waals surface area contributed by atoms with Gasteiger partial charge in [0.2, 0.25) is 5.91 Å². The van der Waals surface area contributed by atoms with E-state index in [0.29, 0.717) is 18.8 Å². The van der Waals surface area contributed by atoms with Crippen molar-refractivity contribution in [1.29, 1.82) is 0 Å². The van der Waals surface area contributed by atoms with Crippen molar-refractivity contribution in [3.05, 3.63) is 95.6 Å². The van der Waals surface area contributed by atoms with Gasteiger partial charge in [0.25, 0.3) is 0 Å². The highest BCUT2D eigenvalue weighted by Crippen LogP contribution is 2.50. The fourth-order valence-electron chi connectivity index (χ4n) is 6.93. The van der Waals surface area contributed by atoms with Crippen molar-refractivity contribution in [2.75, 3.05) is 6.61 Å². The summed E-state index contributed by atoms with van der Waals surface area (Å²) in [6.45, 7) is 2.18. The summed E-state index contributed by atoms with van der Waals surface area (Å²) in [6, 6.07) is 24.8. The molecule has 3 N–H and O–H groups in total. The lowest BCUT2D eigenvalue weighted by Crippen LogP contribution is -2.59. The molecule has 8 heteroatoms. The molecule has 3 aliphatic carbocycles. The Hall–Kier alpha value is -4.17. The van der Waals surface area contributed by atoms with E-state index in [0.717, 1.165) is 34.2 Å². The number of carboxylic acid groups (broad SMARTS) is 1. The van der Waals surface area contributed by atoms with Crippen molar-refractivity contribution in [3.63, 3.8) is 0 Å². The Bertz CT molecular complexity index is 1410. The summed E-state index contributed by atoms with van der Waals surface area (Å²) in [5, 5.41) is 15.3. The molecule has 8 nitrogen and oxygen atoms in total. The van der Waals surface area contributed by atoms with E-state index < -0.39 is 24.2 Å². The van der Waals surface area contributed by atoms with Crippen LogP contribution in [0.25, 0.3) is 11.1 Å². The molecule has 2 amide bonds. The topological polar surface area (TPSA) is 114 Å². The number of hydrogen-bond donors (Lipinski definition) is 3. The Balaban J connectivity index is 1.12. The van der Waals surface area contributed by atoms with Gasteiger partial charge in [-0.25, -0.2) is 4.79 Å². The number of ether oxygens (including phenoxy) is 2. The lowest BCUT2D eigenvalue weighted by Gasteiger charge is -2.41. The molecule has 0 aliphatic heterocycles. The van der Waals surface area contributed by atoms with E-state index in [2.05, 4.69) is 34.9 Å². The molecule has 0 radical (unpaired) electrons. The summed E-state index contributed by atoms with van der Waals surface area (Å²) < 4.78 is 11.8. The highest BCUT2D eigenvalue weighted by Gasteiger charge is 2.50. The second-order valence-electron chi connectivity index (χ2n) is 11.7. The second kappa shape index (κ2) is 12.0. The average Bonchev–Trinajstić information content (AvgIpc) is 3.51. The summed E-state index contributed by atoms with van der Waals surface area (Å²) in [5.74, 6) is -1.12. The Morgan fingerprint density at radius 2 is 1.52 bits per heavy atom. The van der Waals surface area contributed by atoms with Crippen LogP contribution in [0, 0.1) is 17.8 Å². The SMILES string of the molecule is CC(OCc1ccccc1)C(NC(=O)OCC1c2ccccc2-c2ccccc21)C(=O)NC1CC2CC(C(=O)O)CC21. The van der Waals surface area contributed by atoms with Crippen LogP contribution in [0.3, 0.4) is 0 Å². The van der Waals surface area contributed by atoms with Crippen LogP contribution in [0.2, 0.25) is 0 Å². The zero-order valence-corrected chi connectivity index (χ0v) is 23.6. The van der Waals surface area contributed by atoms with Gasteiger partial charge >= 0.3 is 12.1 Å². The molecule has 0 bridgehead atoms. The van der Waals surface area contributed by atoms with Gasteiger partial charge in [0.1, 0.15) is 12.6 Å². The minimum absolute atomic E-state index is 0.0985. The number of alkyl carbamates (subject to hydrolysis) is 1. The normalized spacial score (nSPS) is 23.5. The maximum Gasteiger partial charge on any atom is 0.407 e. The van der Waals surface area contributed by atoms with Gasteiger partial charge in [-0.15, -0.1) is 0 Å². The number of carbonyl (C=O) groups excluding carboxylic acids is 2. The molecule has 2 saturated carbocycles. The third-order valence-electron chi connectivity index (χ3n) is 9.22. The van der Waals surface area contributed by atoms with Crippen molar-refractivity contribution in [3.8, 4) is 11.1 Å². The van der Waals surface area contributed by atoms with Gasteiger partial charge < -0.3 is 25.2 Å². The van der Waals surface area contributed by atoms with E-state index in [-0.39, 0.29) is 42.9 Å². The monoisotopic (exact) mass is 568 g/mol. The van der Waals surface area contributed by atoms with Crippen LogP contribution in [-0.2, 0) is 25.7 Å². The van der Waals surface area contributed by atoms with Crippen LogP contribution in [-0.4, -0.2) is 47.9 Å². The summed E-state index contributed by atoms with van der Waals surface area (Å²) in [6.07, 6.45) is 0.638. The molecule has 6 atom stereocenters. The first-order chi connectivity index (χ1) is 20.4. The van der Waals surface area contributed by atoms with Crippen molar-refractivity contribution < 1.29 is 29.0 Å². The number of aliphatic carboxylic acids is 1. The zero-order valence-electron chi connectivity index (χ0n) is 23.6. The Kier molecular flexibility index (Phi) is 7.98. The maximum absolute atomic E-state index is 13.5. The van der Waals surface area contributed by atoms with Crippen LogP contribution in [0.15, 0.2) is 78.9 Å². The van der Waals surface area contributed by atoms with Gasteiger partial charge in [0.05, 0.1) is 18.6 Å². The molecule has 6 rings (SSSR count). The number of hydrogen-bond acceptors (Lipinski definition) is 5. The Morgan fingerprint density at radius 1 is 0.881 bits per heavy atom. The van der Waals surface area contributed by atoms with E-state index in [4.69, 9.17) is 9.47 Å². The molecule has 42 heavy (non-hydrogen) atoms. The van der Waals surface area contributed by atoms with Crippen molar-refractivity contribution >= 4 is 18.0 Å². The third-order valence-corrected chi connectivity index (χ3v) is 9.22. The number of rotatable bonds is 10. The van der Waals surface area contributed by atoms with Crippen LogP contribution in [0.5, 0.6) is 0 Å². The summed E-state index contributed by atoms with van der Waals surface area (Å²) in [4.78, 5) is 38.2. The molecular weight excluding hydrogens is 532 g/mol. The largest absolute Gasteiger partial charge is 0.481 e. The predicted molar refractivity (Wildman–Crippen MR) is 157 cm³/mol. The molecule has 2 fully saturated rings. The van der Waals surface area contributed by atoms with Crippen LogP contribution in [0.1, 0.15) is 48.8 Å². The fraction of sp³-hybridized carbons (Fsp3) is 0.382. The second-order valence-corrected chi connectivity index (χ2v) is 11.7. The van der Waals surface area contributed by atoms with Crippen LogP contribution in [0.4, 0.5) is 4.79 Å². The molecule has 0 saturated heterocycles. The molecule has 0 spiro atoms. The van der Waals surface area contributed by atoms with E-state index in [1.54, 1.807) is 6.92 Å². The summed E-state index contributed by atoms with van der Waals surface area (Å²) >= 11 is 0. The number of fused-ring (bicyclic) bond motifs is 4. The first-order valence-corrected chi connectivity index (χ1v) is 14.7. The van der Waals surface area contributed by atoms with E-state index in [9.17, 15) is 19.5 Å². The standard InChI is InChI=1S/C34H36N2O6/c1-20(41-18-21-9-3-2-4-10-21)31(32(37)35-30-17-22-15-23(33(38)39)16-28(22)30)36-34(40)42-19-29-26-13-7-5-11-24(26)25-12-6-8-14-27(25)29/h2-14,20,22-23,28-31H,15-19H2,1H3,(H,35,37)(H,36,40)(H,38,39). The van der Waals surface area contributed by atoms with Crippen molar-refractivity contribution in [2.45, 2.75) is 56.9 Å². The van der Waals surface area contributed by atoms with Crippen LogP contribution < -0.4 is 10.6 Å². The highest BCUT2D eigenvalue weighted by atomic mass is 16.5. The van der Waals surface area contributed by atoms with Gasteiger partial charge in [-0.2, -0.15) is 0 Å². The minimum Gasteiger partial charge on any atom is -0.481 e. The lowest BCUT2D eigenvalue weighted by atomic mass is 9.71. The van der Waals surface area contributed by atoms with Crippen molar-refractivity contribution in [2.24, 2.45) is 17.8 Å². The molecule has 0 aromatic heterocycles. The minimum atomic E-state index is -0.986. The molecule has 3 aromatic rings. The maximum atomic E-state index is 13.5. The van der Waals surface area contributed by atoms with Gasteiger partial charge in [0.15, 0.2) is 0 Å². The first kappa shape index (κ1) is 28.0. The number of carboxylic acids is 1. The van der Waals surface area contributed by atoms with Gasteiger partial charge in [0, 0.05) is 12.0 Å². The first-order valence-electron chi connectivity index (χ1n) is 14.7. The molecule has 3 aromatic carbocycles. The molecule has 3 aliphatic rings. The summed E-state index contributed by atoms with van der Waals surface area (Å²) in [7, 11) is 0. The quantitative estimate of drug-likeness (QED) is 0.313. The lowest BCUT2D eigenvalue weighted by molar-refractivity contribution is -0.141. The van der Waals surface area contributed by atoms with E-state index in [1.165, 1.54) is 0 Å². The highest BCUT2D eigenvalue weighted by molar-refractivity contribution is 5.86. The smallest absolute Gasteiger partial charge is 0.407 e. The number of carbonyl (C=O) groups is 3. The van der Waals surface area contributed by atoms with Crippen molar-refractivity contribution in [1.82, 2.24) is 10.6 Å².